The first-order valence-electron chi connectivity index (χ1n) is 9.43. The number of carbonyl (C=O) groups excluding carboxylic acids is 1. The quantitative estimate of drug-likeness (QED) is 0.150. The predicted octanol–water partition coefficient (Wildman–Crippen LogP) is 3.51. The first kappa shape index (κ1) is 20.0. The number of imidazole rings is 1. The minimum absolute atomic E-state index is 0.0516. The van der Waals surface area contributed by atoms with E-state index in [4.69, 9.17) is 9.15 Å². The van der Waals surface area contributed by atoms with Gasteiger partial charge in [-0.3, -0.25) is 14.9 Å². The molecule has 2 aromatic heterocycles. The third-order valence-corrected chi connectivity index (χ3v) is 4.90. The largest absolute Gasteiger partial charge is 0.497 e. The lowest BCUT2D eigenvalue weighted by Gasteiger charge is -2.03. The highest BCUT2D eigenvalue weighted by Gasteiger charge is 2.24. The molecular weight excluding hydrogens is 400 g/mol. The number of hydrogen-bond donors (Lipinski definition) is 0. The van der Waals surface area contributed by atoms with Crippen molar-refractivity contribution in [2.75, 3.05) is 7.11 Å². The van der Waals surface area contributed by atoms with Gasteiger partial charge in [0.2, 0.25) is 11.3 Å². The van der Waals surface area contributed by atoms with Crippen molar-refractivity contribution in [2.45, 2.75) is 13.5 Å². The smallest absolute Gasteiger partial charge is 0.433 e. The van der Waals surface area contributed by atoms with Crippen molar-refractivity contribution < 1.29 is 23.4 Å². The summed E-state index contributed by atoms with van der Waals surface area (Å²) in [6.45, 7) is 1.98. The highest BCUT2D eigenvalue weighted by atomic mass is 16.6. The molecule has 0 saturated carbocycles. The van der Waals surface area contributed by atoms with Crippen LogP contribution in [-0.4, -0.2) is 28.7 Å². The number of Topliss-reactive ketones (excluding diaryl/α,β-unsaturated/α-hetero) is 1. The predicted molar refractivity (Wildman–Crippen MR) is 113 cm³/mol. The number of ether oxygens (including phenoxy) is 1. The fourth-order valence-corrected chi connectivity index (χ4v) is 3.32. The molecule has 0 unspecified atom stereocenters. The summed E-state index contributed by atoms with van der Waals surface area (Å²) in [4.78, 5) is 23.1. The molecule has 0 atom stereocenters. The number of carbonyl (C=O) groups is 1. The average Bonchev–Trinajstić information content (AvgIpc) is 3.36. The van der Waals surface area contributed by atoms with Gasteiger partial charge in [0.1, 0.15) is 16.9 Å². The Bertz CT molecular complexity index is 1300. The van der Waals surface area contributed by atoms with Crippen molar-refractivity contribution in [1.82, 2.24) is 4.68 Å². The molecule has 9 heteroatoms. The van der Waals surface area contributed by atoms with E-state index in [1.165, 1.54) is 18.3 Å². The number of nitrogens with zero attached hydrogens (tertiary/aromatic N) is 4. The summed E-state index contributed by atoms with van der Waals surface area (Å²) in [5, 5.41) is 15.2. The highest BCUT2D eigenvalue weighted by molar-refractivity contribution is 5.95. The van der Waals surface area contributed by atoms with E-state index < -0.39 is 4.92 Å². The zero-order valence-corrected chi connectivity index (χ0v) is 16.9. The Labute approximate surface area is 176 Å². The second-order valence-corrected chi connectivity index (χ2v) is 6.76. The Morgan fingerprint density at radius 1 is 1.19 bits per heavy atom. The SMILES string of the molecule is COc1ccc(C(=O)C[n+]2c(C)n(/N=C/c3ccc([N+](=O)[O-])o3)c3ccccc32)cc1. The first-order chi connectivity index (χ1) is 15.0. The zero-order valence-electron chi connectivity index (χ0n) is 16.9. The summed E-state index contributed by atoms with van der Waals surface area (Å²) >= 11 is 0. The number of methoxy groups -OCH3 is 1. The fourth-order valence-electron chi connectivity index (χ4n) is 3.32. The summed E-state index contributed by atoms with van der Waals surface area (Å²) in [6, 6.07) is 17.3. The standard InChI is InChI=1S/C22H19N4O5/c1-15-24(14-21(27)16-7-9-17(30-2)10-8-16)19-5-3-4-6-20(19)25(15)23-13-18-11-12-22(31-18)26(28)29/h3-13H,14H2,1-2H3/q+1/b23-13+. The van der Waals surface area contributed by atoms with Gasteiger partial charge in [0.15, 0.2) is 17.8 Å². The first-order valence-corrected chi connectivity index (χ1v) is 9.43. The van der Waals surface area contributed by atoms with Crippen LogP contribution in [0.15, 0.2) is 70.2 Å². The van der Waals surface area contributed by atoms with E-state index in [-0.39, 0.29) is 24.0 Å². The molecular formula is C22H19N4O5+. The van der Waals surface area contributed by atoms with Crippen LogP contribution in [-0.2, 0) is 6.54 Å². The molecule has 2 heterocycles. The number of ketones is 1. The maximum atomic E-state index is 12.9. The average molecular weight is 419 g/mol. The van der Waals surface area contributed by atoms with E-state index in [0.717, 1.165) is 16.9 Å². The van der Waals surface area contributed by atoms with Crippen molar-refractivity contribution in [3.8, 4) is 5.75 Å². The molecule has 156 valence electrons. The van der Waals surface area contributed by atoms with Gasteiger partial charge >= 0.3 is 5.88 Å². The Kier molecular flexibility index (Phi) is 5.31. The molecule has 0 aliphatic rings. The number of para-hydroxylation sites is 2. The molecule has 2 aromatic carbocycles. The van der Waals surface area contributed by atoms with Crippen molar-refractivity contribution >= 4 is 28.9 Å². The third-order valence-electron chi connectivity index (χ3n) is 4.90. The molecule has 0 aliphatic carbocycles. The van der Waals surface area contributed by atoms with Crippen LogP contribution in [0.1, 0.15) is 21.9 Å². The molecule has 0 amide bonds. The molecule has 0 fully saturated rings. The molecule has 4 rings (SSSR count). The Hall–Kier alpha value is -4.27. The van der Waals surface area contributed by atoms with E-state index in [1.54, 1.807) is 36.1 Å². The van der Waals surface area contributed by atoms with Crippen molar-refractivity contribution in [1.29, 1.82) is 0 Å². The molecule has 0 spiro atoms. The van der Waals surface area contributed by atoms with E-state index in [0.29, 0.717) is 11.3 Å². The van der Waals surface area contributed by atoms with E-state index in [2.05, 4.69) is 5.10 Å². The lowest BCUT2D eigenvalue weighted by atomic mass is 10.1. The Morgan fingerprint density at radius 3 is 2.61 bits per heavy atom. The van der Waals surface area contributed by atoms with Crippen molar-refractivity contribution in [3.63, 3.8) is 0 Å². The topological polar surface area (TPSA) is 104 Å². The van der Waals surface area contributed by atoms with Crippen LogP contribution in [0.2, 0.25) is 0 Å². The Balaban J connectivity index is 1.68. The van der Waals surface area contributed by atoms with Gasteiger partial charge in [-0.25, -0.2) is 4.57 Å². The number of benzene rings is 2. The normalized spacial score (nSPS) is 11.3. The number of furan rings is 1. The van der Waals surface area contributed by atoms with Crippen molar-refractivity contribution in [3.05, 3.63) is 87.9 Å². The third kappa shape index (κ3) is 3.93. The van der Waals surface area contributed by atoms with Gasteiger partial charge in [0.05, 0.1) is 13.2 Å². The minimum Gasteiger partial charge on any atom is -0.497 e. The lowest BCUT2D eigenvalue weighted by Crippen LogP contribution is -2.40. The van der Waals surface area contributed by atoms with E-state index in [9.17, 15) is 14.9 Å². The van der Waals surface area contributed by atoms with Crippen LogP contribution in [0.4, 0.5) is 5.88 Å². The maximum Gasteiger partial charge on any atom is 0.433 e. The second kappa shape index (κ2) is 8.23. The number of hydrogen-bond acceptors (Lipinski definition) is 6. The molecule has 0 saturated heterocycles. The summed E-state index contributed by atoms with van der Waals surface area (Å²) in [5.41, 5.74) is 2.21. The van der Waals surface area contributed by atoms with Gasteiger partial charge in [0, 0.05) is 12.5 Å². The van der Waals surface area contributed by atoms with Crippen LogP contribution in [0.3, 0.4) is 0 Å². The maximum absolute atomic E-state index is 12.9. The van der Waals surface area contributed by atoms with E-state index >= 15 is 0 Å². The van der Waals surface area contributed by atoms with Crippen LogP contribution in [0, 0.1) is 17.0 Å². The van der Waals surface area contributed by atoms with Gasteiger partial charge in [-0.15, -0.1) is 0 Å². The number of nitro groups is 1. The van der Waals surface area contributed by atoms with Crippen molar-refractivity contribution in [2.24, 2.45) is 5.10 Å². The zero-order chi connectivity index (χ0) is 22.0. The highest BCUT2D eigenvalue weighted by Crippen LogP contribution is 2.17. The molecule has 31 heavy (non-hydrogen) atoms. The molecule has 4 aromatic rings. The molecule has 0 radical (unpaired) electrons. The fraction of sp³-hybridized carbons (Fsp3) is 0.136. The van der Waals surface area contributed by atoms with Gasteiger partial charge in [-0.05, 0) is 42.5 Å². The lowest BCUT2D eigenvalue weighted by molar-refractivity contribution is -0.664. The summed E-state index contributed by atoms with van der Waals surface area (Å²) in [5.74, 6) is 1.26. The molecule has 0 bridgehead atoms. The van der Waals surface area contributed by atoms with Gasteiger partial charge in [0.25, 0.3) is 5.82 Å². The summed E-state index contributed by atoms with van der Waals surface area (Å²) < 4.78 is 13.8. The van der Waals surface area contributed by atoms with E-state index in [1.807, 2.05) is 35.8 Å². The minimum atomic E-state index is -0.605. The van der Waals surface area contributed by atoms with Crippen LogP contribution >= 0.6 is 0 Å². The number of aromatic nitrogens is 2. The number of fused-ring (bicyclic) bond motifs is 1. The summed E-state index contributed by atoms with van der Waals surface area (Å²) in [7, 11) is 1.58. The van der Waals surface area contributed by atoms with Crippen LogP contribution < -0.4 is 9.30 Å². The van der Waals surface area contributed by atoms with Gasteiger partial charge < -0.3 is 9.15 Å². The number of rotatable bonds is 7. The Morgan fingerprint density at radius 2 is 1.94 bits per heavy atom. The van der Waals surface area contributed by atoms with Crippen LogP contribution in [0.5, 0.6) is 5.75 Å². The molecule has 9 nitrogen and oxygen atoms in total. The van der Waals surface area contributed by atoms with Gasteiger partial charge in [-0.2, -0.15) is 0 Å². The second-order valence-electron chi connectivity index (χ2n) is 6.76. The van der Waals surface area contributed by atoms with Gasteiger partial charge in [-0.1, -0.05) is 21.9 Å². The molecule has 0 N–H and O–H groups in total. The molecule has 0 aliphatic heterocycles. The monoisotopic (exact) mass is 419 g/mol. The summed E-state index contributed by atoms with van der Waals surface area (Å²) in [6.07, 6.45) is 1.40. The van der Waals surface area contributed by atoms with Crippen LogP contribution in [0.25, 0.3) is 11.0 Å².